The molecule has 2 aliphatic heterocycles. The highest BCUT2D eigenvalue weighted by molar-refractivity contribution is 6.30. The summed E-state index contributed by atoms with van der Waals surface area (Å²) in [5, 5.41) is 21.8. The standard InChI is InChI=1S/C29H31ClN6O6/c30-18-6-8-19(9-7-18)41-29(40)35-12-10-16(11-13-35)2-1-3-21-33-26(31)22-27(34-21)36(15-32-22)28-24(39)23(38)25(42-28)20(37)14-17-4-5-17/h6-9,15-17,23-25,28,38-39H,2,4-5,10-14H2,(H2,31,33,34)/t23?,24-,25+,28+/m0/s1. The molecule has 1 aromatic carbocycles. The summed E-state index contributed by atoms with van der Waals surface area (Å²) in [7, 11) is 0. The summed E-state index contributed by atoms with van der Waals surface area (Å²) in [5.41, 5.74) is 6.72. The number of aliphatic hydroxyl groups is 2. The number of amides is 1. The fourth-order valence-corrected chi connectivity index (χ4v) is 5.45. The Labute approximate surface area is 246 Å². The molecule has 1 unspecified atom stereocenters. The van der Waals surface area contributed by atoms with Crippen molar-refractivity contribution in [3.63, 3.8) is 0 Å². The number of aromatic nitrogens is 4. The van der Waals surface area contributed by atoms with Crippen molar-refractivity contribution in [1.29, 1.82) is 0 Å². The number of halogens is 1. The Bertz CT molecular complexity index is 1540. The van der Waals surface area contributed by atoms with Crippen LogP contribution in [0.15, 0.2) is 30.6 Å². The molecule has 3 fully saturated rings. The first kappa shape index (κ1) is 28.4. The third-order valence-corrected chi connectivity index (χ3v) is 8.20. The quantitative estimate of drug-likeness (QED) is 0.361. The molecule has 0 spiro atoms. The summed E-state index contributed by atoms with van der Waals surface area (Å²) in [6, 6.07) is 6.65. The minimum Gasteiger partial charge on any atom is -0.410 e. The zero-order chi connectivity index (χ0) is 29.4. The normalized spacial score (nSPS) is 24.4. The van der Waals surface area contributed by atoms with Gasteiger partial charge in [-0.1, -0.05) is 17.5 Å². The van der Waals surface area contributed by atoms with E-state index in [1.54, 1.807) is 29.2 Å². The van der Waals surface area contributed by atoms with E-state index in [4.69, 9.17) is 26.8 Å². The van der Waals surface area contributed by atoms with Crippen molar-refractivity contribution in [2.75, 3.05) is 18.8 Å². The Morgan fingerprint density at radius 2 is 1.81 bits per heavy atom. The number of rotatable bonds is 6. The Kier molecular flexibility index (Phi) is 8.00. The summed E-state index contributed by atoms with van der Waals surface area (Å²) in [4.78, 5) is 39.8. The van der Waals surface area contributed by atoms with Crippen LogP contribution in [-0.4, -0.2) is 77.9 Å². The number of likely N-dealkylation sites (tertiary alicyclic amines) is 1. The lowest BCUT2D eigenvalue weighted by Crippen LogP contribution is -2.40. The minimum atomic E-state index is -1.36. The van der Waals surface area contributed by atoms with E-state index in [0.29, 0.717) is 48.1 Å². The van der Waals surface area contributed by atoms with E-state index in [1.807, 2.05) is 0 Å². The van der Waals surface area contributed by atoms with Crippen LogP contribution in [0.2, 0.25) is 5.02 Å². The van der Waals surface area contributed by atoms with Crippen LogP contribution in [0.1, 0.15) is 50.6 Å². The fraction of sp³-hybridized carbons (Fsp3) is 0.483. The highest BCUT2D eigenvalue weighted by atomic mass is 35.5. The smallest absolute Gasteiger partial charge is 0.410 e. The maximum absolute atomic E-state index is 12.6. The van der Waals surface area contributed by atoms with Gasteiger partial charge in [-0.25, -0.2) is 19.7 Å². The van der Waals surface area contributed by atoms with Crippen molar-refractivity contribution >= 4 is 40.5 Å². The van der Waals surface area contributed by atoms with E-state index in [9.17, 15) is 19.8 Å². The van der Waals surface area contributed by atoms with Crippen LogP contribution in [0.4, 0.5) is 10.6 Å². The molecule has 3 aromatic rings. The zero-order valence-electron chi connectivity index (χ0n) is 22.7. The predicted octanol–water partition coefficient (Wildman–Crippen LogP) is 2.70. The number of hydrogen-bond donors (Lipinski definition) is 3. The fourth-order valence-electron chi connectivity index (χ4n) is 5.32. The number of piperidine rings is 1. The van der Waals surface area contributed by atoms with Gasteiger partial charge in [-0.15, -0.1) is 0 Å². The van der Waals surface area contributed by atoms with Crippen molar-refractivity contribution in [1.82, 2.24) is 24.4 Å². The lowest BCUT2D eigenvalue weighted by molar-refractivity contribution is -0.135. The lowest BCUT2D eigenvalue weighted by atomic mass is 9.94. The zero-order valence-corrected chi connectivity index (χ0v) is 23.5. The second kappa shape index (κ2) is 11.9. The number of carbonyl (C=O) groups excluding carboxylic acids is 2. The second-order valence-electron chi connectivity index (χ2n) is 11.1. The van der Waals surface area contributed by atoms with E-state index in [0.717, 1.165) is 25.7 Å². The topological polar surface area (TPSA) is 166 Å². The average Bonchev–Trinajstić information content (AvgIpc) is 3.61. The number of ketones is 1. The van der Waals surface area contributed by atoms with Crippen LogP contribution in [-0.2, 0) is 9.53 Å². The SMILES string of the molecule is Nc1nc(C#CCC2CCN(C(=O)Oc3ccc(Cl)cc3)CC2)nc2c1ncn2[C@@H]1O[C@H](C(=O)CC2CC2)C(O)[C@@H]1O. The van der Waals surface area contributed by atoms with E-state index in [-0.39, 0.29) is 29.0 Å². The molecule has 12 nitrogen and oxygen atoms in total. The molecule has 0 bridgehead atoms. The van der Waals surface area contributed by atoms with Crippen molar-refractivity contribution in [2.24, 2.45) is 11.8 Å². The van der Waals surface area contributed by atoms with Gasteiger partial charge in [0, 0.05) is 31.0 Å². The molecular weight excluding hydrogens is 564 g/mol. The molecule has 3 aliphatic rings. The number of carbonyl (C=O) groups is 2. The number of ether oxygens (including phenoxy) is 2. The van der Waals surface area contributed by atoms with Crippen molar-refractivity contribution < 1.29 is 29.3 Å². The predicted molar refractivity (Wildman–Crippen MR) is 151 cm³/mol. The molecule has 220 valence electrons. The Morgan fingerprint density at radius 3 is 2.52 bits per heavy atom. The van der Waals surface area contributed by atoms with Crippen LogP contribution < -0.4 is 10.5 Å². The van der Waals surface area contributed by atoms with Crippen LogP contribution in [0.25, 0.3) is 11.2 Å². The number of aliphatic hydroxyl groups excluding tert-OH is 2. The first-order valence-corrected chi connectivity index (χ1v) is 14.4. The molecule has 13 heteroatoms. The molecule has 4 N–H and O–H groups in total. The Balaban J connectivity index is 1.08. The molecule has 4 atom stereocenters. The summed E-state index contributed by atoms with van der Waals surface area (Å²) in [6.45, 7) is 1.13. The number of imidazole rings is 1. The van der Waals surface area contributed by atoms with Crippen molar-refractivity contribution in [2.45, 2.75) is 63.1 Å². The van der Waals surface area contributed by atoms with E-state index in [2.05, 4.69) is 26.8 Å². The molecule has 0 radical (unpaired) electrons. The third kappa shape index (κ3) is 6.05. The molecule has 6 rings (SSSR count). The number of nitrogens with zero attached hydrogens (tertiary/aromatic N) is 5. The maximum Gasteiger partial charge on any atom is 0.415 e. The lowest BCUT2D eigenvalue weighted by Gasteiger charge is -2.30. The minimum absolute atomic E-state index is 0.116. The van der Waals surface area contributed by atoms with Gasteiger partial charge in [0.15, 0.2) is 23.5 Å². The van der Waals surface area contributed by atoms with Crippen LogP contribution >= 0.6 is 11.6 Å². The molecule has 4 heterocycles. The molecular formula is C29H31ClN6O6. The van der Waals surface area contributed by atoms with Crippen molar-refractivity contribution in [3.8, 4) is 17.6 Å². The number of anilines is 1. The second-order valence-corrected chi connectivity index (χ2v) is 11.5. The third-order valence-electron chi connectivity index (χ3n) is 7.95. The van der Waals surface area contributed by atoms with Gasteiger partial charge in [0.25, 0.3) is 0 Å². The average molecular weight is 595 g/mol. The van der Waals surface area contributed by atoms with Gasteiger partial charge < -0.3 is 30.3 Å². The summed E-state index contributed by atoms with van der Waals surface area (Å²) in [5.74, 6) is 7.23. The number of nitrogens with two attached hydrogens (primary N) is 1. The van der Waals surface area contributed by atoms with E-state index >= 15 is 0 Å². The number of benzene rings is 1. The van der Waals surface area contributed by atoms with Gasteiger partial charge in [-0.3, -0.25) is 9.36 Å². The van der Waals surface area contributed by atoms with E-state index in [1.165, 1.54) is 10.9 Å². The van der Waals surface area contributed by atoms with Crippen LogP contribution in [0, 0.1) is 23.7 Å². The maximum atomic E-state index is 12.6. The Morgan fingerprint density at radius 1 is 1.07 bits per heavy atom. The van der Waals surface area contributed by atoms with Crippen LogP contribution in [0.3, 0.4) is 0 Å². The summed E-state index contributed by atoms with van der Waals surface area (Å²) in [6.07, 6.45) is 0.561. The first-order chi connectivity index (χ1) is 20.3. The van der Waals surface area contributed by atoms with E-state index < -0.39 is 30.6 Å². The van der Waals surface area contributed by atoms with Gasteiger partial charge in [0.2, 0.25) is 5.82 Å². The highest BCUT2D eigenvalue weighted by Crippen LogP contribution is 2.37. The van der Waals surface area contributed by atoms with Gasteiger partial charge in [0.1, 0.15) is 29.6 Å². The van der Waals surface area contributed by atoms with Gasteiger partial charge in [-0.05, 0) is 67.7 Å². The van der Waals surface area contributed by atoms with Gasteiger partial charge >= 0.3 is 6.09 Å². The first-order valence-electron chi connectivity index (χ1n) is 14.0. The monoisotopic (exact) mass is 594 g/mol. The molecule has 1 amide bonds. The highest BCUT2D eigenvalue weighted by Gasteiger charge is 2.48. The number of Topliss-reactive ketones (excluding diaryl/α,β-unsaturated/α-hetero) is 1. The molecule has 1 aliphatic carbocycles. The van der Waals surface area contributed by atoms with Crippen molar-refractivity contribution in [3.05, 3.63) is 41.4 Å². The van der Waals surface area contributed by atoms with Crippen LogP contribution in [0.5, 0.6) is 5.75 Å². The van der Waals surface area contributed by atoms with Gasteiger partial charge in [-0.2, -0.15) is 0 Å². The largest absolute Gasteiger partial charge is 0.415 e. The number of nitrogen functional groups attached to an aromatic ring is 1. The Hall–Kier alpha value is -3.76. The summed E-state index contributed by atoms with van der Waals surface area (Å²) < 4.78 is 12.7. The van der Waals surface area contributed by atoms with Gasteiger partial charge in [0.05, 0.1) is 6.33 Å². The molecule has 2 aromatic heterocycles. The number of fused-ring (bicyclic) bond motifs is 1. The molecule has 2 saturated heterocycles. The molecule has 42 heavy (non-hydrogen) atoms. The number of hydrogen-bond acceptors (Lipinski definition) is 10. The summed E-state index contributed by atoms with van der Waals surface area (Å²) >= 11 is 5.88. The molecule has 1 saturated carbocycles.